The van der Waals surface area contributed by atoms with Gasteiger partial charge in [0.05, 0.1) is 5.52 Å². The second-order valence-electron chi connectivity index (χ2n) is 10.3. The normalized spacial score (nSPS) is 26.9. The average Bonchev–Trinajstić information content (AvgIpc) is 2.70. The first-order valence-electron chi connectivity index (χ1n) is 11.0. The highest BCUT2D eigenvalue weighted by atomic mass is 28.4. The van der Waals surface area contributed by atoms with E-state index in [-0.39, 0.29) is 5.04 Å². The molecule has 1 unspecified atom stereocenters. The van der Waals surface area contributed by atoms with E-state index in [1.807, 2.05) is 18.3 Å². The Balaban J connectivity index is 1.40. The molecular weight excluding hydrogens is 372 g/mol. The van der Waals surface area contributed by atoms with Gasteiger partial charge in [0.15, 0.2) is 8.32 Å². The van der Waals surface area contributed by atoms with Gasteiger partial charge in [0.25, 0.3) is 0 Å². The van der Waals surface area contributed by atoms with E-state index in [2.05, 4.69) is 73.8 Å². The molecule has 154 valence electrons. The molecule has 3 saturated heterocycles. The van der Waals surface area contributed by atoms with Gasteiger partial charge in [0.1, 0.15) is 0 Å². The van der Waals surface area contributed by atoms with E-state index in [0.29, 0.717) is 17.9 Å². The predicted octanol–water partition coefficient (Wildman–Crippen LogP) is 5.32. The van der Waals surface area contributed by atoms with Gasteiger partial charge in [0.2, 0.25) is 0 Å². The molecule has 4 heterocycles. The van der Waals surface area contributed by atoms with Crippen LogP contribution < -0.4 is 0 Å². The minimum absolute atomic E-state index is 0.276. The molecule has 29 heavy (non-hydrogen) atoms. The number of piperidine rings is 3. The summed E-state index contributed by atoms with van der Waals surface area (Å²) in [4.78, 5) is 7.18. The Bertz CT molecular complexity index is 937. The third-order valence-corrected chi connectivity index (χ3v) is 11.8. The molecule has 3 aliphatic heterocycles. The van der Waals surface area contributed by atoms with Gasteiger partial charge in [-0.25, -0.2) is 0 Å². The van der Waals surface area contributed by atoms with Crippen LogP contribution in [0.15, 0.2) is 36.5 Å². The van der Waals surface area contributed by atoms with Crippen molar-refractivity contribution in [1.29, 1.82) is 0 Å². The highest BCUT2D eigenvalue weighted by Crippen LogP contribution is 2.39. The number of benzene rings is 1. The summed E-state index contributed by atoms with van der Waals surface area (Å²) in [6.45, 7) is 14.8. The Kier molecular flexibility index (Phi) is 5.59. The van der Waals surface area contributed by atoms with E-state index >= 15 is 0 Å². The maximum absolute atomic E-state index is 6.54. The van der Waals surface area contributed by atoms with E-state index in [4.69, 9.17) is 4.43 Å². The molecule has 0 N–H and O–H groups in total. The average molecular weight is 407 g/mol. The molecule has 4 atom stereocenters. The summed E-state index contributed by atoms with van der Waals surface area (Å²) >= 11 is 0. The Morgan fingerprint density at radius 3 is 2.76 bits per heavy atom. The number of fused-ring (bicyclic) bond motifs is 4. The molecule has 1 aromatic carbocycles. The second-order valence-corrected chi connectivity index (χ2v) is 15.1. The van der Waals surface area contributed by atoms with Gasteiger partial charge in [-0.15, -0.1) is 0 Å². The van der Waals surface area contributed by atoms with Gasteiger partial charge < -0.3 is 4.43 Å². The van der Waals surface area contributed by atoms with Gasteiger partial charge in [-0.05, 0) is 55.6 Å². The number of hydrogen-bond acceptors (Lipinski definition) is 3. The zero-order chi connectivity index (χ0) is 20.6. The van der Waals surface area contributed by atoms with Crippen molar-refractivity contribution in [1.82, 2.24) is 9.88 Å². The van der Waals surface area contributed by atoms with E-state index in [9.17, 15) is 0 Å². The molecule has 0 amide bonds. The number of hydrogen-bond donors (Lipinski definition) is 0. The molecule has 0 aliphatic carbocycles. The van der Waals surface area contributed by atoms with Crippen LogP contribution in [0.4, 0.5) is 0 Å². The van der Waals surface area contributed by atoms with Crippen LogP contribution >= 0.6 is 0 Å². The fourth-order valence-electron chi connectivity index (χ4n) is 4.31. The van der Waals surface area contributed by atoms with Gasteiger partial charge in [-0.1, -0.05) is 50.8 Å². The largest absolute Gasteiger partial charge is 0.415 e. The Labute approximate surface area is 177 Å². The lowest BCUT2D eigenvalue weighted by Crippen LogP contribution is -2.56. The molecule has 2 bridgehead atoms. The Morgan fingerprint density at radius 1 is 1.24 bits per heavy atom. The minimum atomic E-state index is -1.68. The lowest BCUT2D eigenvalue weighted by Gasteiger charge is -2.49. The first kappa shape index (κ1) is 20.6. The Hall–Kier alpha value is -1.67. The van der Waals surface area contributed by atoms with Crippen molar-refractivity contribution in [3.05, 3.63) is 42.1 Å². The van der Waals surface area contributed by atoms with Crippen LogP contribution in [-0.4, -0.2) is 43.9 Å². The zero-order valence-corrected chi connectivity index (χ0v) is 19.5. The van der Waals surface area contributed by atoms with E-state index in [0.717, 1.165) is 29.6 Å². The molecule has 3 nitrogen and oxygen atoms in total. The van der Waals surface area contributed by atoms with Crippen LogP contribution in [0, 0.1) is 23.7 Å². The monoisotopic (exact) mass is 406 g/mol. The molecule has 1 aromatic heterocycles. The third kappa shape index (κ3) is 4.43. The van der Waals surface area contributed by atoms with Crippen LogP contribution in [0.1, 0.15) is 39.2 Å². The third-order valence-electron chi connectivity index (χ3n) is 7.31. The smallest absolute Gasteiger partial charge is 0.192 e. The fraction of sp³-hybridized carbons (Fsp3) is 0.560. The molecule has 3 fully saturated rings. The number of nitrogens with zero attached hydrogens (tertiary/aromatic N) is 2. The summed E-state index contributed by atoms with van der Waals surface area (Å²) in [5.74, 6) is 8.18. The van der Waals surface area contributed by atoms with Crippen LogP contribution in [0.25, 0.3) is 10.9 Å². The van der Waals surface area contributed by atoms with Crippen molar-refractivity contribution in [2.45, 2.75) is 57.8 Å². The standard InChI is InChI=1S/C25H34N2OSi/c1-25(2,3)29(4,5)28-18-23-15-20-12-13-27(23)17-22(20)11-10-19-14-21-8-6-7-9-24(21)26-16-19/h6-9,14,16,20,22-23H,12-13,15,17-18H2,1-5H3/t20-,22-,23-/m0/s1. The molecule has 0 spiro atoms. The maximum Gasteiger partial charge on any atom is 0.192 e. The van der Waals surface area contributed by atoms with Crippen LogP contribution in [0.2, 0.25) is 18.1 Å². The molecular formula is C25H34N2OSi. The van der Waals surface area contributed by atoms with E-state index in [1.54, 1.807) is 0 Å². The summed E-state index contributed by atoms with van der Waals surface area (Å²) in [5.41, 5.74) is 2.06. The SMILES string of the molecule is CC(C)(C)[Si](C)(C)OC[C@@H]1C[C@@H]2CCN1C[C@@H]2C#Cc1cnc2ccccc2c1. The maximum atomic E-state index is 6.54. The minimum Gasteiger partial charge on any atom is -0.415 e. The van der Waals surface area contributed by atoms with Crippen molar-refractivity contribution in [3.63, 3.8) is 0 Å². The predicted molar refractivity (Wildman–Crippen MR) is 123 cm³/mol. The second kappa shape index (κ2) is 7.87. The summed E-state index contributed by atoms with van der Waals surface area (Å²) in [6, 6.07) is 11.0. The van der Waals surface area contributed by atoms with Crippen molar-refractivity contribution < 1.29 is 4.43 Å². The highest BCUT2D eigenvalue weighted by Gasteiger charge is 2.42. The quantitative estimate of drug-likeness (QED) is 0.510. The van der Waals surface area contributed by atoms with Crippen molar-refractivity contribution in [2.24, 2.45) is 11.8 Å². The summed E-state index contributed by atoms with van der Waals surface area (Å²) < 4.78 is 6.54. The first-order valence-corrected chi connectivity index (χ1v) is 13.9. The summed E-state index contributed by atoms with van der Waals surface area (Å²) in [6.07, 6.45) is 4.41. The molecule has 0 radical (unpaired) electrons. The van der Waals surface area contributed by atoms with Gasteiger partial charge in [-0.3, -0.25) is 9.88 Å². The summed E-state index contributed by atoms with van der Waals surface area (Å²) in [5, 5.41) is 1.44. The first-order chi connectivity index (χ1) is 13.7. The van der Waals surface area contributed by atoms with E-state index < -0.39 is 8.32 Å². The Morgan fingerprint density at radius 2 is 2.03 bits per heavy atom. The zero-order valence-electron chi connectivity index (χ0n) is 18.5. The lowest BCUT2D eigenvalue weighted by atomic mass is 9.76. The van der Waals surface area contributed by atoms with Gasteiger partial charge in [0, 0.05) is 42.3 Å². The highest BCUT2D eigenvalue weighted by molar-refractivity contribution is 6.74. The number of aromatic nitrogens is 1. The molecule has 2 aromatic rings. The van der Waals surface area contributed by atoms with Crippen LogP contribution in [-0.2, 0) is 4.43 Å². The fourth-order valence-corrected chi connectivity index (χ4v) is 5.35. The van der Waals surface area contributed by atoms with Crippen molar-refractivity contribution in [2.75, 3.05) is 19.7 Å². The van der Waals surface area contributed by atoms with E-state index in [1.165, 1.54) is 19.4 Å². The number of pyridine rings is 1. The molecule has 5 rings (SSSR count). The van der Waals surface area contributed by atoms with Crippen LogP contribution in [0.3, 0.4) is 0 Å². The number of rotatable bonds is 3. The lowest BCUT2D eigenvalue weighted by molar-refractivity contribution is -0.00120. The van der Waals surface area contributed by atoms with Crippen molar-refractivity contribution >= 4 is 19.2 Å². The van der Waals surface area contributed by atoms with Gasteiger partial charge >= 0.3 is 0 Å². The number of para-hydroxylation sites is 1. The molecule has 4 heteroatoms. The van der Waals surface area contributed by atoms with Crippen molar-refractivity contribution in [3.8, 4) is 11.8 Å². The molecule has 0 saturated carbocycles. The molecule has 3 aliphatic rings. The van der Waals surface area contributed by atoms with Crippen LogP contribution in [0.5, 0.6) is 0 Å². The van der Waals surface area contributed by atoms with Gasteiger partial charge in [-0.2, -0.15) is 0 Å². The topological polar surface area (TPSA) is 25.4 Å². The summed E-state index contributed by atoms with van der Waals surface area (Å²) in [7, 11) is -1.68.